The third-order valence-corrected chi connectivity index (χ3v) is 5.14. The molecule has 0 amide bonds. The van der Waals surface area contributed by atoms with Gasteiger partial charge in [0.25, 0.3) is 0 Å². The van der Waals surface area contributed by atoms with Crippen LogP contribution in [0.15, 0.2) is 47.4 Å². The second-order valence-electron chi connectivity index (χ2n) is 7.08. The van der Waals surface area contributed by atoms with Crippen molar-refractivity contribution in [2.75, 3.05) is 31.1 Å². The lowest BCUT2D eigenvalue weighted by atomic mass is 10.0. The summed E-state index contributed by atoms with van der Waals surface area (Å²) in [5.74, 6) is 1.62. The lowest BCUT2D eigenvalue weighted by Crippen LogP contribution is -2.43. The topological polar surface area (TPSA) is 95.3 Å². The number of pyridine rings is 2. The highest BCUT2D eigenvalue weighted by Crippen LogP contribution is 2.32. The van der Waals surface area contributed by atoms with Gasteiger partial charge in [-0.3, -0.25) is 0 Å². The number of fused-ring (bicyclic) bond motifs is 1. The SMILES string of the molecule is Cc1cc(-c2cc(-c3ccc(N4CCNCC4)nc3)c3c(C#N)cnn3c2)on1.Cl.Cl. The number of hydrogen-bond acceptors (Lipinski definition) is 7. The van der Waals surface area contributed by atoms with Gasteiger partial charge in [-0.05, 0) is 25.1 Å². The molecule has 0 saturated carbocycles. The number of piperazine rings is 1. The Kier molecular flexibility index (Phi) is 6.81. The second-order valence-corrected chi connectivity index (χ2v) is 7.08. The molecule has 1 fully saturated rings. The molecule has 1 saturated heterocycles. The van der Waals surface area contributed by atoms with Crippen LogP contribution in [0.3, 0.4) is 0 Å². The maximum atomic E-state index is 9.54. The molecule has 8 nitrogen and oxygen atoms in total. The summed E-state index contributed by atoms with van der Waals surface area (Å²) in [4.78, 5) is 6.95. The molecule has 10 heteroatoms. The number of rotatable bonds is 3. The van der Waals surface area contributed by atoms with Crippen molar-refractivity contribution < 1.29 is 4.52 Å². The van der Waals surface area contributed by atoms with Crippen LogP contribution in [-0.2, 0) is 0 Å². The number of aryl methyl sites for hydroxylation is 1. The van der Waals surface area contributed by atoms with Crippen molar-refractivity contribution in [1.82, 2.24) is 25.1 Å². The Labute approximate surface area is 191 Å². The maximum absolute atomic E-state index is 9.54. The van der Waals surface area contributed by atoms with E-state index in [1.54, 1.807) is 10.7 Å². The number of nitrogens with zero attached hydrogens (tertiary/aromatic N) is 6. The molecule has 5 rings (SSSR count). The summed E-state index contributed by atoms with van der Waals surface area (Å²) < 4.78 is 7.15. The molecule has 0 bridgehead atoms. The molecule has 1 N–H and O–H groups in total. The molecule has 0 radical (unpaired) electrons. The standard InChI is InChI=1S/C21H19N7O.2ClH/c1-14-8-19(29-26-14)16-9-18(21-17(10-22)12-25-28(21)13-16)15-2-3-20(24-11-15)27-6-4-23-5-7-27;;/h2-3,8-9,11-13,23H,4-7H2,1H3;2*1H. The van der Waals surface area contributed by atoms with E-state index in [2.05, 4.69) is 31.5 Å². The van der Waals surface area contributed by atoms with Crippen LogP contribution in [0.2, 0.25) is 0 Å². The van der Waals surface area contributed by atoms with Gasteiger partial charge in [0.2, 0.25) is 0 Å². The molecule has 0 aromatic carbocycles. The average molecular weight is 458 g/mol. The summed E-state index contributed by atoms with van der Waals surface area (Å²) >= 11 is 0. The highest BCUT2D eigenvalue weighted by atomic mass is 35.5. The smallest absolute Gasteiger partial charge is 0.168 e. The van der Waals surface area contributed by atoms with Crippen molar-refractivity contribution in [2.24, 2.45) is 0 Å². The fraction of sp³-hybridized carbons (Fsp3) is 0.238. The van der Waals surface area contributed by atoms with Gasteiger partial charge in [-0.25, -0.2) is 9.50 Å². The van der Waals surface area contributed by atoms with Crippen LogP contribution in [0, 0.1) is 18.3 Å². The predicted molar refractivity (Wildman–Crippen MR) is 123 cm³/mol. The summed E-state index contributed by atoms with van der Waals surface area (Å²) in [5.41, 5.74) is 4.72. The Morgan fingerprint density at radius 2 is 1.90 bits per heavy atom. The molecule has 0 unspecified atom stereocenters. The van der Waals surface area contributed by atoms with Crippen molar-refractivity contribution in [3.63, 3.8) is 0 Å². The van der Waals surface area contributed by atoms with E-state index in [4.69, 9.17) is 4.52 Å². The van der Waals surface area contributed by atoms with Crippen molar-refractivity contribution in [3.05, 3.63) is 54.1 Å². The molecule has 0 aliphatic carbocycles. The summed E-state index contributed by atoms with van der Waals surface area (Å²) in [6, 6.07) is 10.2. The van der Waals surface area contributed by atoms with Crippen LogP contribution >= 0.6 is 24.8 Å². The van der Waals surface area contributed by atoms with E-state index in [1.165, 1.54) is 0 Å². The zero-order chi connectivity index (χ0) is 19.8. The number of aromatic nitrogens is 4. The highest BCUT2D eigenvalue weighted by Gasteiger charge is 2.17. The van der Waals surface area contributed by atoms with Crippen LogP contribution in [0.4, 0.5) is 5.82 Å². The summed E-state index contributed by atoms with van der Waals surface area (Å²) in [7, 11) is 0. The Hall–Kier alpha value is -3.12. The van der Waals surface area contributed by atoms with Crippen LogP contribution in [0.5, 0.6) is 0 Å². The van der Waals surface area contributed by atoms with Gasteiger partial charge in [-0.15, -0.1) is 24.8 Å². The third-order valence-electron chi connectivity index (χ3n) is 5.14. The minimum atomic E-state index is 0. The quantitative estimate of drug-likeness (QED) is 0.502. The molecule has 31 heavy (non-hydrogen) atoms. The number of nitrogens with one attached hydrogen (secondary N) is 1. The first-order valence-electron chi connectivity index (χ1n) is 9.50. The normalized spacial score (nSPS) is 13.4. The van der Waals surface area contributed by atoms with E-state index < -0.39 is 0 Å². The number of anilines is 1. The van der Waals surface area contributed by atoms with Gasteiger partial charge in [-0.1, -0.05) is 5.16 Å². The van der Waals surface area contributed by atoms with Crippen molar-refractivity contribution >= 4 is 36.1 Å². The van der Waals surface area contributed by atoms with Crippen LogP contribution in [0.25, 0.3) is 28.0 Å². The molecule has 4 aromatic heterocycles. The molecule has 1 aliphatic heterocycles. The molecule has 160 valence electrons. The van der Waals surface area contributed by atoms with Crippen molar-refractivity contribution in [1.29, 1.82) is 5.26 Å². The zero-order valence-corrected chi connectivity index (χ0v) is 18.4. The molecule has 4 aromatic rings. The molecular weight excluding hydrogens is 437 g/mol. The van der Waals surface area contributed by atoms with Gasteiger partial charge < -0.3 is 14.7 Å². The Bertz CT molecular complexity index is 1220. The number of halogens is 2. The fourth-order valence-corrected chi connectivity index (χ4v) is 3.68. The van der Waals surface area contributed by atoms with Gasteiger partial charge in [0.05, 0.1) is 23.0 Å². The third kappa shape index (κ3) is 4.21. The maximum Gasteiger partial charge on any atom is 0.168 e. The zero-order valence-electron chi connectivity index (χ0n) is 16.8. The van der Waals surface area contributed by atoms with Crippen molar-refractivity contribution in [2.45, 2.75) is 6.92 Å². The van der Waals surface area contributed by atoms with Gasteiger partial charge in [0.15, 0.2) is 5.76 Å². The lowest BCUT2D eigenvalue weighted by Gasteiger charge is -2.28. The monoisotopic (exact) mass is 457 g/mol. The van der Waals surface area contributed by atoms with Gasteiger partial charge in [-0.2, -0.15) is 10.4 Å². The first-order valence-corrected chi connectivity index (χ1v) is 9.50. The van der Waals surface area contributed by atoms with E-state index >= 15 is 0 Å². The fourth-order valence-electron chi connectivity index (χ4n) is 3.68. The van der Waals surface area contributed by atoms with E-state index in [1.807, 2.05) is 43.6 Å². The number of nitriles is 1. The number of hydrogen-bond donors (Lipinski definition) is 1. The van der Waals surface area contributed by atoms with Crippen LogP contribution < -0.4 is 10.2 Å². The molecule has 5 heterocycles. The summed E-state index contributed by atoms with van der Waals surface area (Å²) in [6.45, 7) is 5.69. The average Bonchev–Trinajstić information content (AvgIpc) is 3.40. The van der Waals surface area contributed by atoms with Gasteiger partial charge in [0, 0.05) is 61.3 Å². The Morgan fingerprint density at radius 3 is 2.55 bits per heavy atom. The molecule has 0 spiro atoms. The van der Waals surface area contributed by atoms with Crippen molar-refractivity contribution in [3.8, 4) is 28.5 Å². The van der Waals surface area contributed by atoms with Crippen LogP contribution in [0.1, 0.15) is 11.3 Å². The predicted octanol–water partition coefficient (Wildman–Crippen LogP) is 3.48. The van der Waals surface area contributed by atoms with Gasteiger partial charge >= 0.3 is 0 Å². The second kappa shape index (κ2) is 9.35. The minimum Gasteiger partial charge on any atom is -0.356 e. The van der Waals surface area contributed by atoms with E-state index in [0.717, 1.165) is 59.9 Å². The minimum absolute atomic E-state index is 0. The largest absolute Gasteiger partial charge is 0.356 e. The Morgan fingerprint density at radius 1 is 1.10 bits per heavy atom. The molecule has 0 atom stereocenters. The lowest BCUT2D eigenvalue weighted by molar-refractivity contribution is 0.427. The van der Waals surface area contributed by atoms with E-state index in [-0.39, 0.29) is 24.8 Å². The first-order chi connectivity index (χ1) is 14.2. The van der Waals surface area contributed by atoms with E-state index in [9.17, 15) is 5.26 Å². The van der Waals surface area contributed by atoms with Gasteiger partial charge in [0.1, 0.15) is 11.9 Å². The molecular formula is C21H21Cl2N7O. The first kappa shape index (κ1) is 22.6. The summed E-state index contributed by atoms with van der Waals surface area (Å²) in [5, 5.41) is 21.2. The Balaban J connectivity index is 0.00000136. The molecule has 1 aliphatic rings. The summed E-state index contributed by atoms with van der Waals surface area (Å²) in [6.07, 6.45) is 5.29. The van der Waals surface area contributed by atoms with Crippen LogP contribution in [-0.4, -0.2) is 45.9 Å². The highest BCUT2D eigenvalue weighted by molar-refractivity contribution is 5.87. The van der Waals surface area contributed by atoms with E-state index in [0.29, 0.717) is 11.3 Å².